The van der Waals surface area contributed by atoms with Crippen LogP contribution in [0.1, 0.15) is 18.1 Å². The second kappa shape index (κ2) is 6.38. The zero-order valence-corrected chi connectivity index (χ0v) is 14.1. The predicted octanol–water partition coefficient (Wildman–Crippen LogP) is 4.32. The zero-order chi connectivity index (χ0) is 16.4. The molecule has 0 radical (unpaired) electrons. The summed E-state index contributed by atoms with van der Waals surface area (Å²) in [5.41, 5.74) is 3.16. The van der Waals surface area contributed by atoms with E-state index in [2.05, 4.69) is 16.4 Å². The quantitative estimate of drug-likeness (QED) is 0.777. The highest BCUT2D eigenvalue weighted by molar-refractivity contribution is 7.22. The maximum absolute atomic E-state index is 12.3. The fourth-order valence-corrected chi connectivity index (χ4v) is 3.21. The van der Waals surface area contributed by atoms with E-state index in [0.29, 0.717) is 10.9 Å². The van der Waals surface area contributed by atoms with Gasteiger partial charge in [0.2, 0.25) is 0 Å². The molecule has 118 valence electrons. The van der Waals surface area contributed by atoms with Crippen LogP contribution < -0.4 is 10.1 Å². The third kappa shape index (κ3) is 3.68. The van der Waals surface area contributed by atoms with Crippen molar-refractivity contribution in [3.8, 4) is 5.75 Å². The van der Waals surface area contributed by atoms with Crippen LogP contribution in [0.4, 0.5) is 5.13 Å². The van der Waals surface area contributed by atoms with Crippen molar-refractivity contribution in [2.45, 2.75) is 26.9 Å². The van der Waals surface area contributed by atoms with Gasteiger partial charge in [0.05, 0.1) is 10.2 Å². The number of anilines is 1. The van der Waals surface area contributed by atoms with Gasteiger partial charge in [-0.05, 0) is 56.2 Å². The topological polar surface area (TPSA) is 51.2 Å². The summed E-state index contributed by atoms with van der Waals surface area (Å²) in [5.74, 6) is 0.481. The molecule has 3 aromatic rings. The highest BCUT2D eigenvalue weighted by atomic mass is 32.1. The van der Waals surface area contributed by atoms with Crippen molar-refractivity contribution in [1.29, 1.82) is 0 Å². The number of fused-ring (bicyclic) bond motifs is 1. The lowest BCUT2D eigenvalue weighted by Gasteiger charge is -2.13. The van der Waals surface area contributed by atoms with Crippen molar-refractivity contribution >= 4 is 32.6 Å². The van der Waals surface area contributed by atoms with Gasteiger partial charge in [-0.2, -0.15) is 0 Å². The van der Waals surface area contributed by atoms with Gasteiger partial charge >= 0.3 is 0 Å². The first-order chi connectivity index (χ1) is 11.0. The molecule has 0 aliphatic rings. The first-order valence-electron chi connectivity index (χ1n) is 7.42. The van der Waals surface area contributed by atoms with E-state index in [1.807, 2.05) is 50.2 Å². The van der Waals surface area contributed by atoms with Crippen LogP contribution in [-0.4, -0.2) is 17.0 Å². The number of nitrogens with zero attached hydrogens (tertiary/aromatic N) is 1. The maximum Gasteiger partial charge on any atom is 0.266 e. The zero-order valence-electron chi connectivity index (χ0n) is 13.3. The smallest absolute Gasteiger partial charge is 0.266 e. The Bertz CT molecular complexity index is 857. The Hall–Kier alpha value is -2.40. The van der Waals surface area contributed by atoms with E-state index in [4.69, 9.17) is 4.74 Å². The summed E-state index contributed by atoms with van der Waals surface area (Å²) in [6, 6.07) is 13.7. The molecule has 0 saturated carbocycles. The lowest BCUT2D eigenvalue weighted by molar-refractivity contribution is -0.122. The van der Waals surface area contributed by atoms with E-state index in [1.54, 1.807) is 6.92 Å². The number of nitrogens with one attached hydrogen (secondary N) is 1. The molecule has 0 saturated heterocycles. The van der Waals surface area contributed by atoms with E-state index in [-0.39, 0.29) is 5.91 Å². The van der Waals surface area contributed by atoms with Crippen LogP contribution in [0.15, 0.2) is 42.5 Å². The molecule has 0 fully saturated rings. The van der Waals surface area contributed by atoms with Gasteiger partial charge in [0.1, 0.15) is 5.75 Å². The second-order valence-electron chi connectivity index (χ2n) is 5.56. The number of carbonyl (C=O) groups is 1. The molecule has 1 atom stereocenters. The molecule has 0 unspecified atom stereocenters. The fourth-order valence-electron chi connectivity index (χ4n) is 2.24. The number of hydrogen-bond donors (Lipinski definition) is 1. The Balaban J connectivity index is 1.69. The molecular weight excluding hydrogens is 308 g/mol. The molecule has 3 rings (SSSR count). The number of amides is 1. The Morgan fingerprint density at radius 3 is 2.74 bits per heavy atom. The molecule has 23 heavy (non-hydrogen) atoms. The third-order valence-corrected chi connectivity index (χ3v) is 4.38. The average molecular weight is 326 g/mol. The summed E-state index contributed by atoms with van der Waals surface area (Å²) in [6.07, 6.45) is -0.592. The SMILES string of the molecule is Cc1cccc(O[C@@H](C)C(=O)Nc2nc3ccc(C)cc3s2)c1. The largest absolute Gasteiger partial charge is 0.481 e. The number of hydrogen-bond acceptors (Lipinski definition) is 4. The molecule has 1 heterocycles. The van der Waals surface area contributed by atoms with Crippen LogP contribution in [0, 0.1) is 13.8 Å². The first-order valence-corrected chi connectivity index (χ1v) is 8.24. The van der Waals surface area contributed by atoms with Crippen molar-refractivity contribution in [2.24, 2.45) is 0 Å². The van der Waals surface area contributed by atoms with E-state index in [1.165, 1.54) is 16.9 Å². The van der Waals surface area contributed by atoms with Gasteiger partial charge in [0.15, 0.2) is 11.2 Å². The Kier molecular flexibility index (Phi) is 4.30. The van der Waals surface area contributed by atoms with Gasteiger partial charge < -0.3 is 4.74 Å². The highest BCUT2D eigenvalue weighted by Crippen LogP contribution is 2.27. The Morgan fingerprint density at radius 2 is 1.96 bits per heavy atom. The normalized spacial score (nSPS) is 12.1. The molecule has 1 N–H and O–H groups in total. The van der Waals surface area contributed by atoms with Crippen LogP contribution in [0.2, 0.25) is 0 Å². The van der Waals surface area contributed by atoms with Crippen molar-refractivity contribution in [3.05, 3.63) is 53.6 Å². The van der Waals surface area contributed by atoms with Crippen molar-refractivity contribution in [1.82, 2.24) is 4.98 Å². The van der Waals surface area contributed by atoms with Crippen LogP contribution in [0.5, 0.6) is 5.75 Å². The van der Waals surface area contributed by atoms with Gasteiger partial charge in [-0.1, -0.05) is 29.5 Å². The van der Waals surface area contributed by atoms with Crippen LogP contribution in [0.3, 0.4) is 0 Å². The summed E-state index contributed by atoms with van der Waals surface area (Å²) < 4.78 is 6.75. The lowest BCUT2D eigenvalue weighted by Crippen LogP contribution is -2.30. The monoisotopic (exact) mass is 326 g/mol. The minimum atomic E-state index is -0.592. The van der Waals surface area contributed by atoms with Gasteiger partial charge in [0.25, 0.3) is 5.91 Å². The van der Waals surface area contributed by atoms with Gasteiger partial charge in [-0.15, -0.1) is 0 Å². The maximum atomic E-state index is 12.3. The highest BCUT2D eigenvalue weighted by Gasteiger charge is 2.16. The van der Waals surface area contributed by atoms with E-state index < -0.39 is 6.10 Å². The molecule has 0 bridgehead atoms. The van der Waals surface area contributed by atoms with E-state index in [0.717, 1.165) is 15.8 Å². The van der Waals surface area contributed by atoms with Crippen LogP contribution >= 0.6 is 11.3 Å². The lowest BCUT2D eigenvalue weighted by atomic mass is 10.2. The number of aromatic nitrogens is 1. The molecule has 0 aliphatic heterocycles. The molecule has 1 aromatic heterocycles. The standard InChI is InChI=1S/C18H18N2O2S/c1-11-5-4-6-14(9-11)22-13(3)17(21)20-18-19-15-8-7-12(2)10-16(15)23-18/h4-10,13H,1-3H3,(H,19,20,21)/t13-/m0/s1. The Labute approximate surface area is 139 Å². The number of benzene rings is 2. The summed E-state index contributed by atoms with van der Waals surface area (Å²) >= 11 is 1.47. The molecular formula is C18H18N2O2S. The minimum Gasteiger partial charge on any atom is -0.481 e. The summed E-state index contributed by atoms with van der Waals surface area (Å²) in [4.78, 5) is 16.7. The fraction of sp³-hybridized carbons (Fsp3) is 0.222. The van der Waals surface area contributed by atoms with Crippen LogP contribution in [-0.2, 0) is 4.79 Å². The number of ether oxygens (including phenoxy) is 1. The van der Waals surface area contributed by atoms with Gasteiger partial charge in [0, 0.05) is 0 Å². The molecule has 0 aliphatic carbocycles. The minimum absolute atomic E-state index is 0.206. The van der Waals surface area contributed by atoms with Crippen LogP contribution in [0.25, 0.3) is 10.2 Å². The van der Waals surface area contributed by atoms with Crippen molar-refractivity contribution < 1.29 is 9.53 Å². The van der Waals surface area contributed by atoms with Crippen molar-refractivity contribution in [3.63, 3.8) is 0 Å². The number of rotatable bonds is 4. The Morgan fingerprint density at radius 1 is 1.17 bits per heavy atom. The summed E-state index contributed by atoms with van der Waals surface area (Å²) in [6.45, 7) is 5.75. The van der Waals surface area contributed by atoms with Crippen molar-refractivity contribution in [2.75, 3.05) is 5.32 Å². The first kappa shape index (κ1) is 15.5. The van der Waals surface area contributed by atoms with E-state index >= 15 is 0 Å². The third-order valence-electron chi connectivity index (χ3n) is 3.45. The molecule has 2 aromatic carbocycles. The number of thiazole rings is 1. The van der Waals surface area contributed by atoms with Gasteiger partial charge in [-0.25, -0.2) is 4.98 Å². The van der Waals surface area contributed by atoms with E-state index in [9.17, 15) is 4.79 Å². The average Bonchev–Trinajstić information content (AvgIpc) is 2.88. The molecule has 4 nitrogen and oxygen atoms in total. The number of carbonyl (C=O) groups excluding carboxylic acids is 1. The predicted molar refractivity (Wildman–Crippen MR) is 94.3 cm³/mol. The summed E-state index contributed by atoms with van der Waals surface area (Å²) in [5, 5.41) is 3.42. The van der Waals surface area contributed by atoms with Gasteiger partial charge in [-0.3, -0.25) is 10.1 Å². The summed E-state index contributed by atoms with van der Waals surface area (Å²) in [7, 11) is 0. The number of aryl methyl sites for hydroxylation is 2. The molecule has 5 heteroatoms. The second-order valence-corrected chi connectivity index (χ2v) is 6.59. The molecule has 1 amide bonds. The molecule has 0 spiro atoms.